The summed E-state index contributed by atoms with van der Waals surface area (Å²) >= 11 is 1.96. The summed E-state index contributed by atoms with van der Waals surface area (Å²) in [5, 5.41) is 9.79. The average molecular weight is 194 g/mol. The molecule has 1 saturated carbocycles. The zero-order valence-corrected chi connectivity index (χ0v) is 8.33. The lowest BCUT2D eigenvalue weighted by Crippen LogP contribution is -2.30. The smallest absolute Gasteiger partial charge is 0.0561 e. The Labute approximate surface area is 83.2 Å². The van der Waals surface area contributed by atoms with Crippen molar-refractivity contribution >= 4 is 11.8 Å². The van der Waals surface area contributed by atoms with E-state index >= 15 is 0 Å². The summed E-state index contributed by atoms with van der Waals surface area (Å²) in [6.45, 7) is 0. The molecule has 0 saturated heterocycles. The Kier molecular flexibility index (Phi) is 2.91. The van der Waals surface area contributed by atoms with Crippen LogP contribution >= 0.6 is 11.8 Å². The molecule has 1 N–H and O–H groups in total. The normalized spacial score (nSPS) is 26.8. The third kappa shape index (κ3) is 2.48. The highest BCUT2D eigenvalue weighted by Gasteiger charge is 2.26. The van der Waals surface area contributed by atoms with Crippen LogP contribution in [0.15, 0.2) is 30.3 Å². The van der Waals surface area contributed by atoms with Crippen LogP contribution < -0.4 is 0 Å². The summed E-state index contributed by atoms with van der Waals surface area (Å²) in [6.07, 6.45) is 1.95. The van der Waals surface area contributed by atoms with Crippen LogP contribution in [0.25, 0.3) is 0 Å². The Balaban J connectivity index is 1.74. The lowest BCUT2D eigenvalue weighted by atomic mass is 9.96. The number of rotatable bonds is 3. The zero-order valence-electron chi connectivity index (χ0n) is 7.52. The van der Waals surface area contributed by atoms with Crippen LogP contribution in [0.2, 0.25) is 0 Å². The predicted molar refractivity (Wildman–Crippen MR) is 56.8 cm³/mol. The van der Waals surface area contributed by atoms with Crippen LogP contribution in [0.3, 0.4) is 0 Å². The van der Waals surface area contributed by atoms with E-state index in [1.54, 1.807) is 0 Å². The van der Waals surface area contributed by atoms with Gasteiger partial charge in [0, 0.05) is 11.0 Å². The van der Waals surface area contributed by atoms with Gasteiger partial charge in [-0.05, 0) is 18.4 Å². The number of benzene rings is 1. The molecule has 1 fully saturated rings. The number of thioether (sulfide) groups is 1. The van der Waals surface area contributed by atoms with Crippen LogP contribution in [0.4, 0.5) is 0 Å². The van der Waals surface area contributed by atoms with Crippen LogP contribution in [0, 0.1) is 0 Å². The molecule has 0 heterocycles. The van der Waals surface area contributed by atoms with Gasteiger partial charge in [-0.1, -0.05) is 30.3 Å². The fourth-order valence-electron chi connectivity index (χ4n) is 1.46. The molecule has 0 aliphatic heterocycles. The Bertz CT molecular complexity index is 254. The molecule has 2 heteroatoms. The van der Waals surface area contributed by atoms with Gasteiger partial charge in [-0.25, -0.2) is 0 Å². The summed E-state index contributed by atoms with van der Waals surface area (Å²) in [6, 6.07) is 10.5. The standard InChI is InChI=1S/C11H14OS/c12-10-6-11(7-10)13-8-9-4-2-1-3-5-9/h1-5,10-12H,6-8H2. The molecule has 1 aromatic carbocycles. The van der Waals surface area contributed by atoms with Gasteiger partial charge in [-0.2, -0.15) is 11.8 Å². The molecule has 0 atom stereocenters. The minimum atomic E-state index is -0.0201. The second-order valence-corrected chi connectivity index (χ2v) is 4.83. The van der Waals surface area contributed by atoms with Crippen molar-refractivity contribution in [3.05, 3.63) is 35.9 Å². The second-order valence-electron chi connectivity index (χ2n) is 3.54. The first-order valence-corrected chi connectivity index (χ1v) is 5.73. The van der Waals surface area contributed by atoms with Crippen molar-refractivity contribution in [3.63, 3.8) is 0 Å². The van der Waals surface area contributed by atoms with Gasteiger partial charge in [0.1, 0.15) is 0 Å². The maximum Gasteiger partial charge on any atom is 0.0561 e. The van der Waals surface area contributed by atoms with Gasteiger partial charge in [0.05, 0.1) is 6.10 Å². The minimum absolute atomic E-state index is 0.0201. The van der Waals surface area contributed by atoms with Crippen molar-refractivity contribution in [2.75, 3.05) is 0 Å². The molecule has 1 aromatic rings. The zero-order chi connectivity index (χ0) is 9.10. The molecule has 0 unspecified atom stereocenters. The first-order valence-electron chi connectivity index (χ1n) is 4.68. The summed E-state index contributed by atoms with van der Waals surface area (Å²) in [4.78, 5) is 0. The molecule has 2 rings (SSSR count). The fraction of sp³-hybridized carbons (Fsp3) is 0.455. The van der Waals surface area contributed by atoms with E-state index in [4.69, 9.17) is 5.11 Å². The lowest BCUT2D eigenvalue weighted by molar-refractivity contribution is 0.101. The van der Waals surface area contributed by atoms with Gasteiger partial charge in [0.2, 0.25) is 0 Å². The molecule has 70 valence electrons. The predicted octanol–water partition coefficient (Wildman–Crippen LogP) is 2.44. The van der Waals surface area contributed by atoms with Gasteiger partial charge in [-0.3, -0.25) is 0 Å². The van der Waals surface area contributed by atoms with Gasteiger partial charge in [0.25, 0.3) is 0 Å². The van der Waals surface area contributed by atoms with E-state index < -0.39 is 0 Å². The third-order valence-corrected chi connectivity index (χ3v) is 3.75. The SMILES string of the molecule is OC1CC(SCc2ccccc2)C1. The minimum Gasteiger partial charge on any atom is -0.393 e. The van der Waals surface area contributed by atoms with E-state index in [1.807, 2.05) is 17.8 Å². The highest BCUT2D eigenvalue weighted by atomic mass is 32.2. The van der Waals surface area contributed by atoms with E-state index in [9.17, 15) is 0 Å². The largest absolute Gasteiger partial charge is 0.393 e. The molecule has 0 amide bonds. The average Bonchev–Trinajstić information content (AvgIpc) is 2.12. The first-order chi connectivity index (χ1) is 6.34. The van der Waals surface area contributed by atoms with Crippen LogP contribution in [0.5, 0.6) is 0 Å². The van der Waals surface area contributed by atoms with Crippen LogP contribution in [-0.4, -0.2) is 16.5 Å². The Hall–Kier alpha value is -0.470. The summed E-state index contributed by atoms with van der Waals surface area (Å²) in [5.74, 6) is 1.08. The Morgan fingerprint density at radius 1 is 1.23 bits per heavy atom. The topological polar surface area (TPSA) is 20.2 Å². The van der Waals surface area contributed by atoms with Crippen LogP contribution in [0.1, 0.15) is 18.4 Å². The molecular weight excluding hydrogens is 180 g/mol. The van der Waals surface area contributed by atoms with Gasteiger partial charge < -0.3 is 5.11 Å². The van der Waals surface area contributed by atoms with E-state index in [0.717, 1.165) is 18.6 Å². The highest BCUT2D eigenvalue weighted by molar-refractivity contribution is 7.99. The van der Waals surface area contributed by atoms with Crippen LogP contribution in [-0.2, 0) is 5.75 Å². The summed E-state index contributed by atoms with van der Waals surface area (Å²) in [7, 11) is 0. The number of hydrogen-bond acceptors (Lipinski definition) is 2. The van der Waals surface area contributed by atoms with E-state index in [0.29, 0.717) is 5.25 Å². The van der Waals surface area contributed by atoms with E-state index in [1.165, 1.54) is 5.56 Å². The maximum atomic E-state index is 9.10. The Morgan fingerprint density at radius 2 is 1.92 bits per heavy atom. The first kappa shape index (κ1) is 9.10. The molecular formula is C11H14OS. The molecule has 13 heavy (non-hydrogen) atoms. The molecule has 0 spiro atoms. The van der Waals surface area contributed by atoms with Gasteiger partial charge in [-0.15, -0.1) is 0 Å². The number of hydrogen-bond donors (Lipinski definition) is 1. The molecule has 1 nitrogen and oxygen atoms in total. The van der Waals surface area contributed by atoms with Crippen molar-refractivity contribution in [2.24, 2.45) is 0 Å². The number of aliphatic hydroxyl groups is 1. The lowest BCUT2D eigenvalue weighted by Gasteiger charge is -2.30. The van der Waals surface area contributed by atoms with Gasteiger partial charge in [0.15, 0.2) is 0 Å². The van der Waals surface area contributed by atoms with Crippen molar-refractivity contribution in [1.29, 1.82) is 0 Å². The number of aliphatic hydroxyl groups excluding tert-OH is 1. The second kappa shape index (κ2) is 4.16. The molecule has 1 aliphatic carbocycles. The Morgan fingerprint density at radius 3 is 2.54 bits per heavy atom. The highest BCUT2D eigenvalue weighted by Crippen LogP contribution is 2.33. The molecule has 0 radical (unpaired) electrons. The summed E-state index contributed by atoms with van der Waals surface area (Å²) < 4.78 is 0. The van der Waals surface area contributed by atoms with Gasteiger partial charge >= 0.3 is 0 Å². The van der Waals surface area contributed by atoms with Crippen molar-refractivity contribution in [3.8, 4) is 0 Å². The third-order valence-electron chi connectivity index (χ3n) is 2.40. The fourth-order valence-corrected chi connectivity index (χ4v) is 2.80. The monoisotopic (exact) mass is 194 g/mol. The molecule has 0 bridgehead atoms. The quantitative estimate of drug-likeness (QED) is 0.797. The maximum absolute atomic E-state index is 9.10. The van der Waals surface area contributed by atoms with Crippen molar-refractivity contribution < 1.29 is 5.11 Å². The van der Waals surface area contributed by atoms with Crippen molar-refractivity contribution in [1.82, 2.24) is 0 Å². The summed E-state index contributed by atoms with van der Waals surface area (Å²) in [5.41, 5.74) is 1.38. The molecule has 0 aromatic heterocycles. The van der Waals surface area contributed by atoms with E-state index in [-0.39, 0.29) is 6.10 Å². The van der Waals surface area contributed by atoms with Crippen molar-refractivity contribution in [2.45, 2.75) is 29.9 Å². The van der Waals surface area contributed by atoms with E-state index in [2.05, 4.69) is 24.3 Å². The molecule has 1 aliphatic rings.